The van der Waals surface area contributed by atoms with Gasteiger partial charge in [0.1, 0.15) is 5.82 Å². The second kappa shape index (κ2) is 5.82. The number of hydrogen-bond donors (Lipinski definition) is 1. The van der Waals surface area contributed by atoms with E-state index in [1.54, 1.807) is 12.1 Å². The van der Waals surface area contributed by atoms with Gasteiger partial charge in [-0.2, -0.15) is 0 Å². The lowest BCUT2D eigenvalue weighted by molar-refractivity contribution is 0.000588. The Bertz CT molecular complexity index is 431. The van der Waals surface area contributed by atoms with Gasteiger partial charge in [-0.25, -0.2) is 4.39 Å². The molecule has 2 aliphatic heterocycles. The zero-order valence-electron chi connectivity index (χ0n) is 12.3. The minimum Gasteiger partial charge on any atom is -0.328 e. The van der Waals surface area contributed by atoms with E-state index in [1.165, 1.54) is 24.8 Å². The number of rotatable bonds is 3. The molecular weight excluding hydrogens is 251 g/mol. The molecule has 2 heterocycles. The first kappa shape index (κ1) is 14.0. The van der Waals surface area contributed by atoms with Gasteiger partial charge in [0, 0.05) is 24.2 Å². The summed E-state index contributed by atoms with van der Waals surface area (Å²) in [5, 5.41) is 0. The Morgan fingerprint density at radius 3 is 2.40 bits per heavy atom. The summed E-state index contributed by atoms with van der Waals surface area (Å²) in [6.45, 7) is 2.31. The Labute approximate surface area is 121 Å². The largest absolute Gasteiger partial charge is 0.328 e. The van der Waals surface area contributed by atoms with E-state index in [0.717, 1.165) is 19.3 Å². The van der Waals surface area contributed by atoms with Crippen LogP contribution in [0.2, 0.25) is 0 Å². The van der Waals surface area contributed by atoms with Crippen molar-refractivity contribution in [1.29, 1.82) is 0 Å². The number of hydrogen-bond acceptors (Lipinski definition) is 2. The van der Waals surface area contributed by atoms with Crippen LogP contribution in [-0.4, -0.2) is 29.1 Å². The van der Waals surface area contributed by atoms with Gasteiger partial charge in [0.25, 0.3) is 0 Å². The maximum absolute atomic E-state index is 13.0. The third-order valence-corrected chi connectivity index (χ3v) is 5.02. The Kier molecular flexibility index (Phi) is 4.08. The van der Waals surface area contributed by atoms with Crippen molar-refractivity contribution in [1.82, 2.24) is 4.90 Å². The summed E-state index contributed by atoms with van der Waals surface area (Å²) in [5.74, 6) is -0.151. The van der Waals surface area contributed by atoms with Crippen molar-refractivity contribution in [2.75, 3.05) is 0 Å². The lowest BCUT2D eigenvalue weighted by Crippen LogP contribution is -2.58. The summed E-state index contributed by atoms with van der Waals surface area (Å²) in [6.07, 6.45) is 7.22. The molecule has 0 aromatic heterocycles. The maximum atomic E-state index is 13.0. The molecule has 2 bridgehead atoms. The molecule has 2 nitrogen and oxygen atoms in total. The minimum atomic E-state index is -0.151. The van der Waals surface area contributed by atoms with E-state index in [4.69, 9.17) is 5.73 Å². The standard InChI is InChI=1S/C17H25FN2/c1-12(9-13-5-7-14(18)8-6-13)20-16-3-2-4-17(20)11-15(19)10-16/h5-8,12,15-17H,2-4,9-11,19H2,1H3. The molecule has 110 valence electrons. The molecular formula is C17H25FN2. The number of nitrogens with two attached hydrogens (primary N) is 1. The smallest absolute Gasteiger partial charge is 0.123 e. The van der Waals surface area contributed by atoms with Crippen molar-refractivity contribution < 1.29 is 4.39 Å². The topological polar surface area (TPSA) is 29.3 Å². The van der Waals surface area contributed by atoms with Crippen LogP contribution in [0.15, 0.2) is 24.3 Å². The predicted octanol–water partition coefficient (Wildman–Crippen LogP) is 3.10. The second-order valence-electron chi connectivity index (χ2n) is 6.60. The quantitative estimate of drug-likeness (QED) is 0.919. The van der Waals surface area contributed by atoms with Gasteiger partial charge in [0.15, 0.2) is 0 Å². The third kappa shape index (κ3) is 2.89. The van der Waals surface area contributed by atoms with E-state index in [2.05, 4.69) is 11.8 Å². The highest BCUT2D eigenvalue weighted by Gasteiger charge is 2.39. The molecule has 2 aliphatic rings. The number of fused-ring (bicyclic) bond motifs is 2. The SMILES string of the molecule is CC(Cc1ccc(F)cc1)N1C2CCCC1CC(N)C2. The van der Waals surface area contributed by atoms with Gasteiger partial charge in [-0.05, 0) is 56.7 Å². The lowest BCUT2D eigenvalue weighted by atomic mass is 9.80. The summed E-state index contributed by atoms with van der Waals surface area (Å²) in [5.41, 5.74) is 7.42. The fourth-order valence-corrected chi connectivity index (χ4v) is 4.25. The Balaban J connectivity index is 1.70. The Hall–Kier alpha value is -0.930. The molecule has 0 aliphatic carbocycles. The second-order valence-corrected chi connectivity index (χ2v) is 6.60. The lowest BCUT2D eigenvalue weighted by Gasteiger charge is -2.51. The van der Waals surface area contributed by atoms with Gasteiger partial charge in [-0.15, -0.1) is 0 Å². The summed E-state index contributed by atoms with van der Waals surface area (Å²) >= 11 is 0. The van der Waals surface area contributed by atoms with Gasteiger partial charge in [0.05, 0.1) is 0 Å². The fourth-order valence-electron chi connectivity index (χ4n) is 4.25. The number of benzene rings is 1. The molecule has 2 saturated heterocycles. The summed E-state index contributed by atoms with van der Waals surface area (Å²) in [7, 11) is 0. The van der Waals surface area contributed by atoms with Crippen LogP contribution >= 0.6 is 0 Å². The number of piperidine rings is 2. The molecule has 0 radical (unpaired) electrons. The van der Waals surface area contributed by atoms with Crippen LogP contribution in [0.3, 0.4) is 0 Å². The van der Waals surface area contributed by atoms with Crippen LogP contribution in [0.5, 0.6) is 0 Å². The molecule has 0 spiro atoms. The monoisotopic (exact) mass is 276 g/mol. The molecule has 3 unspecified atom stereocenters. The van der Waals surface area contributed by atoms with Gasteiger partial charge in [-0.3, -0.25) is 4.90 Å². The molecule has 0 saturated carbocycles. The van der Waals surface area contributed by atoms with Gasteiger partial charge in [0.2, 0.25) is 0 Å². The molecule has 2 fully saturated rings. The summed E-state index contributed by atoms with van der Waals surface area (Å²) in [4.78, 5) is 2.70. The number of nitrogens with zero attached hydrogens (tertiary/aromatic N) is 1. The first-order valence-corrected chi connectivity index (χ1v) is 7.91. The highest BCUT2D eigenvalue weighted by atomic mass is 19.1. The molecule has 1 aromatic rings. The third-order valence-electron chi connectivity index (χ3n) is 5.02. The van der Waals surface area contributed by atoms with Crippen LogP contribution in [0.4, 0.5) is 4.39 Å². The maximum Gasteiger partial charge on any atom is 0.123 e. The average molecular weight is 276 g/mol. The van der Waals surface area contributed by atoms with E-state index >= 15 is 0 Å². The Morgan fingerprint density at radius 2 is 1.80 bits per heavy atom. The molecule has 1 aromatic carbocycles. The Morgan fingerprint density at radius 1 is 1.20 bits per heavy atom. The first-order valence-electron chi connectivity index (χ1n) is 7.91. The zero-order valence-corrected chi connectivity index (χ0v) is 12.3. The number of halogens is 1. The van der Waals surface area contributed by atoms with E-state index in [-0.39, 0.29) is 5.82 Å². The van der Waals surface area contributed by atoms with Crippen molar-refractivity contribution in [3.63, 3.8) is 0 Å². The van der Waals surface area contributed by atoms with Gasteiger partial charge in [-0.1, -0.05) is 18.6 Å². The van der Waals surface area contributed by atoms with Gasteiger partial charge >= 0.3 is 0 Å². The molecule has 3 atom stereocenters. The van der Waals surface area contributed by atoms with Crippen LogP contribution in [0.1, 0.15) is 44.6 Å². The van der Waals surface area contributed by atoms with Crippen molar-refractivity contribution >= 4 is 0 Å². The molecule has 20 heavy (non-hydrogen) atoms. The predicted molar refractivity (Wildman–Crippen MR) is 80.0 cm³/mol. The van der Waals surface area contributed by atoms with E-state index in [9.17, 15) is 4.39 Å². The summed E-state index contributed by atoms with van der Waals surface area (Å²) in [6, 6.07) is 9.18. The first-order chi connectivity index (χ1) is 9.63. The molecule has 3 heteroatoms. The molecule has 0 amide bonds. The van der Waals surface area contributed by atoms with Crippen molar-refractivity contribution in [3.8, 4) is 0 Å². The van der Waals surface area contributed by atoms with Crippen molar-refractivity contribution in [2.45, 2.75) is 69.6 Å². The highest BCUT2D eigenvalue weighted by Crippen LogP contribution is 2.35. The normalized spacial score (nSPS) is 32.0. The van der Waals surface area contributed by atoms with Crippen LogP contribution in [-0.2, 0) is 6.42 Å². The van der Waals surface area contributed by atoms with Crippen LogP contribution in [0, 0.1) is 5.82 Å². The van der Waals surface area contributed by atoms with E-state index in [0.29, 0.717) is 24.2 Å². The van der Waals surface area contributed by atoms with Crippen molar-refractivity contribution in [3.05, 3.63) is 35.6 Å². The fraction of sp³-hybridized carbons (Fsp3) is 0.647. The molecule has 2 N–H and O–H groups in total. The average Bonchev–Trinajstić information content (AvgIpc) is 2.40. The zero-order chi connectivity index (χ0) is 14.1. The van der Waals surface area contributed by atoms with Crippen molar-refractivity contribution in [2.24, 2.45) is 5.73 Å². The molecule has 3 rings (SSSR count). The van der Waals surface area contributed by atoms with Crippen LogP contribution < -0.4 is 5.73 Å². The van der Waals surface area contributed by atoms with E-state index < -0.39 is 0 Å². The highest BCUT2D eigenvalue weighted by molar-refractivity contribution is 5.17. The van der Waals surface area contributed by atoms with E-state index in [1.807, 2.05) is 12.1 Å². The minimum absolute atomic E-state index is 0.151. The van der Waals surface area contributed by atoms with Gasteiger partial charge < -0.3 is 5.73 Å². The summed E-state index contributed by atoms with van der Waals surface area (Å²) < 4.78 is 13.0. The van der Waals surface area contributed by atoms with Crippen LogP contribution in [0.25, 0.3) is 0 Å².